The van der Waals surface area contributed by atoms with Crippen LogP contribution in [0.4, 0.5) is 5.82 Å². The summed E-state index contributed by atoms with van der Waals surface area (Å²) in [5, 5.41) is 0. The van der Waals surface area contributed by atoms with E-state index in [-0.39, 0.29) is 5.91 Å². The van der Waals surface area contributed by atoms with Crippen LogP contribution in [-0.2, 0) is 16.0 Å². The van der Waals surface area contributed by atoms with Crippen molar-refractivity contribution < 1.29 is 9.53 Å². The first-order chi connectivity index (χ1) is 13.7. The largest absolute Gasteiger partial charge is 0.378 e. The Morgan fingerprint density at radius 3 is 2.68 bits per heavy atom. The number of amides is 1. The summed E-state index contributed by atoms with van der Waals surface area (Å²) < 4.78 is 5.45. The molecular weight excluding hydrogens is 354 g/mol. The minimum atomic E-state index is 0.172. The number of pyridine rings is 1. The molecule has 4 heterocycles. The van der Waals surface area contributed by atoms with Crippen LogP contribution in [0.2, 0.25) is 0 Å². The van der Waals surface area contributed by atoms with Crippen molar-refractivity contribution in [2.75, 3.05) is 44.3 Å². The number of carbonyl (C=O) groups is 1. The van der Waals surface area contributed by atoms with Gasteiger partial charge in [0.25, 0.3) is 0 Å². The molecule has 7 nitrogen and oxygen atoms in total. The highest BCUT2D eigenvalue weighted by molar-refractivity contribution is 5.78. The molecule has 7 heteroatoms. The lowest BCUT2D eigenvalue weighted by molar-refractivity contribution is -0.131. The second kappa shape index (κ2) is 8.65. The highest BCUT2D eigenvalue weighted by atomic mass is 16.5. The fraction of sp³-hybridized carbons (Fsp3) is 0.524. The number of hydrogen-bond donors (Lipinski definition) is 0. The van der Waals surface area contributed by atoms with Crippen LogP contribution in [0, 0.1) is 6.92 Å². The van der Waals surface area contributed by atoms with Crippen LogP contribution in [0.1, 0.15) is 35.8 Å². The summed E-state index contributed by atoms with van der Waals surface area (Å²) in [6.07, 6.45) is 5.72. The Hall–Kier alpha value is -2.54. The summed E-state index contributed by atoms with van der Waals surface area (Å²) in [5.74, 6) is 2.40. The molecule has 0 N–H and O–H groups in total. The van der Waals surface area contributed by atoms with Crippen LogP contribution in [0.25, 0.3) is 0 Å². The number of aromatic nitrogens is 3. The lowest BCUT2D eigenvalue weighted by Gasteiger charge is -2.32. The molecule has 28 heavy (non-hydrogen) atoms. The number of piperidine rings is 1. The number of carbonyl (C=O) groups excluding carboxylic acids is 1. The van der Waals surface area contributed by atoms with Gasteiger partial charge in [0.15, 0.2) is 0 Å². The van der Waals surface area contributed by atoms with E-state index < -0.39 is 0 Å². The standard InChI is InChI=1S/C21H27N5O2/c1-16-13-19(25-9-11-28-12-10-25)24-21(23-16)18-4-7-26(8-5-18)20(27)14-17-3-2-6-22-15-17/h2-3,6,13,15,18H,4-5,7-12,14H2,1H3. The van der Waals surface area contributed by atoms with Gasteiger partial charge in [-0.2, -0.15) is 0 Å². The van der Waals surface area contributed by atoms with Gasteiger partial charge in [0.2, 0.25) is 5.91 Å². The van der Waals surface area contributed by atoms with Crippen LogP contribution in [0.5, 0.6) is 0 Å². The highest BCUT2D eigenvalue weighted by Crippen LogP contribution is 2.28. The second-order valence-electron chi connectivity index (χ2n) is 7.52. The van der Waals surface area contributed by atoms with E-state index in [2.05, 4.69) is 16.0 Å². The summed E-state index contributed by atoms with van der Waals surface area (Å²) in [7, 11) is 0. The van der Waals surface area contributed by atoms with Crippen LogP contribution in [0.3, 0.4) is 0 Å². The normalized spacial score (nSPS) is 18.3. The average Bonchev–Trinajstić information content (AvgIpc) is 2.75. The van der Waals surface area contributed by atoms with E-state index in [1.54, 1.807) is 12.4 Å². The van der Waals surface area contributed by atoms with E-state index in [9.17, 15) is 4.79 Å². The Bertz CT molecular complexity index is 800. The van der Waals surface area contributed by atoms with E-state index >= 15 is 0 Å². The molecule has 2 aromatic heterocycles. The maximum atomic E-state index is 12.6. The SMILES string of the molecule is Cc1cc(N2CCOCC2)nc(C2CCN(C(=O)Cc3cccnc3)CC2)n1. The number of ether oxygens (including phenoxy) is 1. The molecule has 0 aliphatic carbocycles. The monoisotopic (exact) mass is 381 g/mol. The van der Waals surface area contributed by atoms with E-state index in [4.69, 9.17) is 14.7 Å². The van der Waals surface area contributed by atoms with Crippen molar-refractivity contribution in [2.24, 2.45) is 0 Å². The van der Waals surface area contributed by atoms with Crippen molar-refractivity contribution in [2.45, 2.75) is 32.1 Å². The smallest absolute Gasteiger partial charge is 0.227 e. The Kier molecular flexibility index (Phi) is 5.81. The summed E-state index contributed by atoms with van der Waals surface area (Å²) in [5.41, 5.74) is 1.97. The van der Waals surface area contributed by atoms with Crippen molar-refractivity contribution in [3.8, 4) is 0 Å². The predicted molar refractivity (Wildman–Crippen MR) is 106 cm³/mol. The molecule has 0 bridgehead atoms. The summed E-state index contributed by atoms with van der Waals surface area (Å²) in [4.78, 5) is 30.5. The maximum Gasteiger partial charge on any atom is 0.227 e. The fourth-order valence-electron chi connectivity index (χ4n) is 3.89. The number of morpholine rings is 1. The van der Waals surface area contributed by atoms with Gasteiger partial charge >= 0.3 is 0 Å². The van der Waals surface area contributed by atoms with E-state index in [0.717, 1.165) is 75.1 Å². The number of rotatable bonds is 4. The van der Waals surface area contributed by atoms with Crippen LogP contribution in [-0.4, -0.2) is 65.2 Å². The molecule has 148 valence electrons. The molecular formula is C21H27N5O2. The van der Waals surface area contributed by atoms with Gasteiger partial charge in [-0.3, -0.25) is 9.78 Å². The highest BCUT2D eigenvalue weighted by Gasteiger charge is 2.26. The van der Waals surface area contributed by atoms with Crippen molar-refractivity contribution >= 4 is 11.7 Å². The van der Waals surface area contributed by atoms with Gasteiger partial charge in [0.1, 0.15) is 11.6 Å². The Balaban J connectivity index is 1.38. The Labute approximate surface area is 165 Å². The summed E-state index contributed by atoms with van der Waals surface area (Å²) in [6, 6.07) is 5.88. The summed E-state index contributed by atoms with van der Waals surface area (Å²) >= 11 is 0. The number of aryl methyl sites for hydroxylation is 1. The minimum absolute atomic E-state index is 0.172. The minimum Gasteiger partial charge on any atom is -0.378 e. The van der Waals surface area contributed by atoms with Crippen molar-refractivity contribution in [1.82, 2.24) is 19.9 Å². The van der Waals surface area contributed by atoms with E-state index in [1.807, 2.05) is 24.0 Å². The van der Waals surface area contributed by atoms with Crippen molar-refractivity contribution in [3.63, 3.8) is 0 Å². The number of anilines is 1. The first-order valence-corrected chi connectivity index (χ1v) is 10.0. The molecule has 2 saturated heterocycles. The molecule has 2 aliphatic heterocycles. The first-order valence-electron chi connectivity index (χ1n) is 10.0. The molecule has 0 spiro atoms. The molecule has 0 atom stereocenters. The van der Waals surface area contributed by atoms with Gasteiger partial charge < -0.3 is 14.5 Å². The number of likely N-dealkylation sites (tertiary alicyclic amines) is 1. The second-order valence-corrected chi connectivity index (χ2v) is 7.52. The molecule has 0 aromatic carbocycles. The molecule has 0 radical (unpaired) electrons. The molecule has 2 aliphatic rings. The number of hydrogen-bond acceptors (Lipinski definition) is 6. The van der Waals surface area contributed by atoms with Gasteiger partial charge in [-0.05, 0) is 31.4 Å². The zero-order valence-corrected chi connectivity index (χ0v) is 16.4. The Morgan fingerprint density at radius 2 is 1.96 bits per heavy atom. The quantitative estimate of drug-likeness (QED) is 0.806. The lowest BCUT2D eigenvalue weighted by Crippen LogP contribution is -2.39. The van der Waals surface area contributed by atoms with Crippen LogP contribution < -0.4 is 4.90 Å². The van der Waals surface area contributed by atoms with E-state index in [0.29, 0.717) is 12.3 Å². The third-order valence-electron chi connectivity index (χ3n) is 5.48. The van der Waals surface area contributed by atoms with E-state index in [1.165, 1.54) is 0 Å². The third-order valence-corrected chi connectivity index (χ3v) is 5.48. The number of nitrogens with zero attached hydrogens (tertiary/aromatic N) is 5. The van der Waals surface area contributed by atoms with Crippen molar-refractivity contribution in [1.29, 1.82) is 0 Å². The van der Waals surface area contributed by atoms with Gasteiger partial charge in [-0.15, -0.1) is 0 Å². The van der Waals surface area contributed by atoms with Gasteiger partial charge in [0.05, 0.1) is 19.6 Å². The lowest BCUT2D eigenvalue weighted by atomic mass is 9.95. The Morgan fingerprint density at radius 1 is 1.18 bits per heavy atom. The average molecular weight is 381 g/mol. The molecule has 2 aromatic rings. The molecule has 0 unspecified atom stereocenters. The van der Waals surface area contributed by atoms with Gasteiger partial charge in [-0.25, -0.2) is 9.97 Å². The van der Waals surface area contributed by atoms with Crippen LogP contribution >= 0.6 is 0 Å². The zero-order chi connectivity index (χ0) is 19.3. The maximum absolute atomic E-state index is 12.6. The molecule has 1 amide bonds. The van der Waals surface area contributed by atoms with Crippen molar-refractivity contribution in [3.05, 3.63) is 47.7 Å². The summed E-state index contributed by atoms with van der Waals surface area (Å²) in [6.45, 7) is 6.78. The fourth-order valence-corrected chi connectivity index (χ4v) is 3.89. The molecule has 4 rings (SSSR count). The van der Waals surface area contributed by atoms with Gasteiger partial charge in [0, 0.05) is 56.3 Å². The molecule has 0 saturated carbocycles. The molecule has 2 fully saturated rings. The third kappa shape index (κ3) is 4.47. The zero-order valence-electron chi connectivity index (χ0n) is 16.4. The topological polar surface area (TPSA) is 71.5 Å². The first kappa shape index (κ1) is 18.8. The van der Waals surface area contributed by atoms with Gasteiger partial charge in [-0.1, -0.05) is 6.07 Å². The predicted octanol–water partition coefficient (Wildman–Crippen LogP) is 1.97. The van der Waals surface area contributed by atoms with Crippen LogP contribution in [0.15, 0.2) is 30.6 Å².